The van der Waals surface area contributed by atoms with Crippen LogP contribution >= 0.6 is 28.1 Å². The van der Waals surface area contributed by atoms with Crippen LogP contribution in [-0.2, 0) is 4.79 Å². The van der Waals surface area contributed by atoms with E-state index in [1.54, 1.807) is 0 Å². The van der Waals surface area contributed by atoms with Crippen molar-refractivity contribution in [2.24, 2.45) is 5.73 Å². The van der Waals surface area contributed by atoms with Crippen molar-refractivity contribution in [3.05, 3.63) is 28.2 Å². The Morgan fingerprint density at radius 3 is 3.00 bits per heavy atom. The molecule has 2 rings (SSSR count). The van der Waals surface area contributed by atoms with Crippen LogP contribution < -0.4 is 16.0 Å². The first kappa shape index (κ1) is 13.3. The Kier molecular flexibility index (Phi) is 4.19. The number of benzene rings is 1. The van der Waals surface area contributed by atoms with E-state index in [1.165, 1.54) is 0 Å². The normalized spacial score (nSPS) is 16.1. The molecule has 1 aromatic rings. The van der Waals surface area contributed by atoms with Gasteiger partial charge in [0.2, 0.25) is 5.91 Å². The molecule has 3 N–H and O–H groups in total. The third-order valence-electron chi connectivity index (χ3n) is 2.83. The lowest BCUT2D eigenvalue weighted by Crippen LogP contribution is -2.34. The molecule has 96 valence electrons. The Morgan fingerprint density at radius 1 is 1.50 bits per heavy atom. The van der Waals surface area contributed by atoms with Crippen molar-refractivity contribution in [3.8, 4) is 0 Å². The summed E-state index contributed by atoms with van der Waals surface area (Å²) in [4.78, 5) is 14.0. The molecule has 1 amide bonds. The molecule has 1 fully saturated rings. The maximum atomic E-state index is 11.6. The second kappa shape index (κ2) is 5.67. The molecule has 1 aliphatic heterocycles. The van der Waals surface area contributed by atoms with Gasteiger partial charge in [-0.15, -0.1) is 0 Å². The van der Waals surface area contributed by atoms with Gasteiger partial charge in [0.05, 0.1) is 6.54 Å². The highest BCUT2D eigenvalue weighted by Crippen LogP contribution is 2.25. The Balaban J connectivity index is 2.38. The van der Waals surface area contributed by atoms with Crippen LogP contribution in [0.2, 0.25) is 0 Å². The molecule has 0 spiro atoms. The number of carbonyl (C=O) groups excluding carboxylic acids is 1. The maximum absolute atomic E-state index is 11.6. The van der Waals surface area contributed by atoms with Crippen molar-refractivity contribution >= 4 is 44.7 Å². The molecule has 6 heteroatoms. The van der Waals surface area contributed by atoms with Crippen LogP contribution in [0.25, 0.3) is 0 Å². The molecule has 18 heavy (non-hydrogen) atoms. The zero-order valence-corrected chi connectivity index (χ0v) is 12.2. The molecule has 4 nitrogen and oxygen atoms in total. The van der Waals surface area contributed by atoms with Gasteiger partial charge in [0.25, 0.3) is 0 Å². The zero-order valence-electron chi connectivity index (χ0n) is 9.78. The van der Waals surface area contributed by atoms with Gasteiger partial charge in [0.15, 0.2) is 0 Å². The van der Waals surface area contributed by atoms with Gasteiger partial charge in [-0.2, -0.15) is 0 Å². The third-order valence-corrected chi connectivity index (χ3v) is 3.54. The highest BCUT2D eigenvalue weighted by Gasteiger charge is 2.18. The summed E-state index contributed by atoms with van der Waals surface area (Å²) in [5.74, 6) is 0.0290. The van der Waals surface area contributed by atoms with Crippen LogP contribution in [0.3, 0.4) is 0 Å². The van der Waals surface area contributed by atoms with E-state index in [0.717, 1.165) is 28.7 Å². The number of carbonyl (C=O) groups is 1. The minimum Gasteiger partial charge on any atom is -0.389 e. The number of amides is 1. The van der Waals surface area contributed by atoms with Crippen molar-refractivity contribution in [2.45, 2.75) is 6.42 Å². The lowest BCUT2D eigenvalue weighted by Gasteiger charge is -2.24. The zero-order chi connectivity index (χ0) is 13.1. The number of nitrogens with one attached hydrogen (secondary N) is 1. The second-order valence-electron chi connectivity index (χ2n) is 4.15. The van der Waals surface area contributed by atoms with Gasteiger partial charge < -0.3 is 16.0 Å². The topological polar surface area (TPSA) is 58.4 Å². The fourth-order valence-corrected chi connectivity index (χ4v) is 2.51. The van der Waals surface area contributed by atoms with Gasteiger partial charge in [0.1, 0.15) is 4.99 Å². The number of nitrogens with two attached hydrogens (primary N) is 1. The van der Waals surface area contributed by atoms with E-state index in [4.69, 9.17) is 18.0 Å². The van der Waals surface area contributed by atoms with Gasteiger partial charge in [0, 0.05) is 28.8 Å². The minimum atomic E-state index is 0.0290. The molecular weight excluding hydrogens is 314 g/mol. The van der Waals surface area contributed by atoms with Crippen molar-refractivity contribution in [3.63, 3.8) is 0 Å². The Bertz CT molecular complexity index is 492. The first-order valence-corrected chi connectivity index (χ1v) is 6.89. The number of hydrogen-bond acceptors (Lipinski definition) is 3. The molecule has 0 aliphatic carbocycles. The van der Waals surface area contributed by atoms with E-state index in [-0.39, 0.29) is 5.91 Å². The van der Waals surface area contributed by atoms with Gasteiger partial charge in [-0.05, 0) is 24.6 Å². The number of thiocarbonyl (C=S) groups is 1. The second-order valence-corrected chi connectivity index (χ2v) is 5.51. The number of nitrogens with zero attached hydrogens (tertiary/aromatic N) is 1. The standard InChI is InChI=1S/C12H14BrN3OS/c13-8-2-3-9(12(14)18)10(6-8)16-5-1-4-15-11(17)7-16/h2-3,6H,1,4-5,7H2,(H2,14,18)(H,15,17). The van der Waals surface area contributed by atoms with Crippen molar-refractivity contribution in [2.75, 3.05) is 24.5 Å². The molecule has 0 unspecified atom stereocenters. The molecule has 0 aromatic heterocycles. The SMILES string of the molecule is NC(=S)c1ccc(Br)cc1N1CCCNC(=O)C1. The largest absolute Gasteiger partial charge is 0.389 e. The van der Waals surface area contributed by atoms with Crippen LogP contribution in [0.1, 0.15) is 12.0 Å². The van der Waals surface area contributed by atoms with Gasteiger partial charge >= 0.3 is 0 Å². The smallest absolute Gasteiger partial charge is 0.239 e. The number of anilines is 1. The number of halogens is 1. The number of hydrogen-bond donors (Lipinski definition) is 2. The third kappa shape index (κ3) is 3.00. The molecule has 1 aromatic carbocycles. The van der Waals surface area contributed by atoms with Gasteiger partial charge in [-0.25, -0.2) is 0 Å². The molecule has 0 saturated carbocycles. The summed E-state index contributed by atoms with van der Waals surface area (Å²) in [6.45, 7) is 1.86. The van der Waals surface area contributed by atoms with Gasteiger partial charge in [-0.3, -0.25) is 4.79 Å². The minimum absolute atomic E-state index is 0.0290. The van der Waals surface area contributed by atoms with E-state index in [9.17, 15) is 4.79 Å². The summed E-state index contributed by atoms with van der Waals surface area (Å²) >= 11 is 8.50. The molecule has 0 radical (unpaired) electrons. The van der Waals surface area contributed by atoms with E-state index >= 15 is 0 Å². The predicted molar refractivity (Wildman–Crippen MR) is 79.9 cm³/mol. The highest BCUT2D eigenvalue weighted by atomic mass is 79.9. The first-order valence-electron chi connectivity index (χ1n) is 5.69. The van der Waals surface area contributed by atoms with E-state index in [2.05, 4.69) is 21.2 Å². The molecular formula is C12H14BrN3OS. The van der Waals surface area contributed by atoms with Crippen LogP contribution in [-0.4, -0.2) is 30.5 Å². The van der Waals surface area contributed by atoms with E-state index < -0.39 is 0 Å². The summed E-state index contributed by atoms with van der Waals surface area (Å²) in [7, 11) is 0. The van der Waals surface area contributed by atoms with Crippen molar-refractivity contribution in [1.29, 1.82) is 0 Å². The summed E-state index contributed by atoms with van der Waals surface area (Å²) in [5.41, 5.74) is 7.45. The summed E-state index contributed by atoms with van der Waals surface area (Å²) in [5, 5.41) is 2.85. The lowest BCUT2D eigenvalue weighted by atomic mass is 10.1. The summed E-state index contributed by atoms with van der Waals surface area (Å²) in [6, 6.07) is 5.73. The average Bonchev–Trinajstić information content (AvgIpc) is 2.53. The Hall–Kier alpha value is -1.14. The van der Waals surface area contributed by atoms with E-state index in [1.807, 2.05) is 23.1 Å². The predicted octanol–water partition coefficient (Wildman–Crippen LogP) is 1.41. The van der Waals surface area contributed by atoms with Crippen molar-refractivity contribution in [1.82, 2.24) is 5.32 Å². The summed E-state index contributed by atoms with van der Waals surface area (Å²) in [6.07, 6.45) is 0.912. The average molecular weight is 328 g/mol. The van der Waals surface area contributed by atoms with Crippen LogP contribution in [0, 0.1) is 0 Å². The molecule has 1 saturated heterocycles. The lowest BCUT2D eigenvalue weighted by molar-refractivity contribution is -0.119. The van der Waals surface area contributed by atoms with Gasteiger partial charge in [-0.1, -0.05) is 28.1 Å². The Morgan fingerprint density at radius 2 is 2.28 bits per heavy atom. The fraction of sp³-hybridized carbons (Fsp3) is 0.333. The molecule has 1 heterocycles. The van der Waals surface area contributed by atoms with Crippen LogP contribution in [0.4, 0.5) is 5.69 Å². The van der Waals surface area contributed by atoms with Crippen LogP contribution in [0.15, 0.2) is 22.7 Å². The fourth-order valence-electron chi connectivity index (χ4n) is 1.99. The van der Waals surface area contributed by atoms with E-state index in [0.29, 0.717) is 18.1 Å². The first-order chi connectivity index (χ1) is 8.58. The highest BCUT2D eigenvalue weighted by molar-refractivity contribution is 9.10. The van der Waals surface area contributed by atoms with Crippen molar-refractivity contribution < 1.29 is 4.79 Å². The molecule has 1 aliphatic rings. The summed E-state index contributed by atoms with van der Waals surface area (Å²) < 4.78 is 0.946. The maximum Gasteiger partial charge on any atom is 0.239 e. The molecule has 0 bridgehead atoms. The number of rotatable bonds is 2. The van der Waals surface area contributed by atoms with Crippen LogP contribution in [0.5, 0.6) is 0 Å². The monoisotopic (exact) mass is 327 g/mol. The Labute approximate surface area is 120 Å². The molecule has 0 atom stereocenters. The quantitative estimate of drug-likeness (QED) is 0.806.